The summed E-state index contributed by atoms with van der Waals surface area (Å²) < 4.78 is 10.2. The molecule has 0 saturated carbocycles. The monoisotopic (exact) mass is 278 g/mol. The van der Waals surface area contributed by atoms with Crippen LogP contribution >= 0.6 is 0 Å². The van der Waals surface area contributed by atoms with E-state index in [1.807, 2.05) is 37.3 Å². The molecule has 0 aliphatic carbocycles. The molecule has 0 aromatic heterocycles. The molecule has 2 atom stereocenters. The van der Waals surface area contributed by atoms with E-state index in [1.165, 1.54) is 6.08 Å². The number of aliphatic hydroxyl groups excluding tert-OH is 1. The first-order chi connectivity index (χ1) is 9.63. The number of carbonyl (C=O) groups is 1. The summed E-state index contributed by atoms with van der Waals surface area (Å²) in [4.78, 5) is 11.1. The van der Waals surface area contributed by atoms with Crippen molar-refractivity contribution in [2.24, 2.45) is 5.92 Å². The lowest BCUT2D eigenvalue weighted by Gasteiger charge is -2.15. The van der Waals surface area contributed by atoms with Crippen LogP contribution in [0.1, 0.15) is 19.4 Å². The van der Waals surface area contributed by atoms with Crippen molar-refractivity contribution >= 4 is 5.97 Å². The van der Waals surface area contributed by atoms with Crippen LogP contribution in [0.4, 0.5) is 0 Å². The molecule has 0 saturated heterocycles. The summed E-state index contributed by atoms with van der Waals surface area (Å²) >= 11 is 0. The van der Waals surface area contributed by atoms with Gasteiger partial charge in [0.15, 0.2) is 0 Å². The van der Waals surface area contributed by atoms with Crippen molar-refractivity contribution in [2.45, 2.75) is 26.6 Å². The third-order valence-corrected chi connectivity index (χ3v) is 2.83. The van der Waals surface area contributed by atoms with Crippen molar-refractivity contribution in [3.05, 3.63) is 48.0 Å². The molecular weight excluding hydrogens is 256 g/mol. The molecule has 0 spiro atoms. The zero-order valence-electron chi connectivity index (χ0n) is 12.0. The summed E-state index contributed by atoms with van der Waals surface area (Å²) in [6.07, 6.45) is 2.33. The second kappa shape index (κ2) is 9.28. The fourth-order valence-corrected chi connectivity index (χ4v) is 1.57. The number of esters is 1. The van der Waals surface area contributed by atoms with E-state index in [0.717, 1.165) is 5.56 Å². The minimum absolute atomic E-state index is 0.171. The predicted molar refractivity (Wildman–Crippen MR) is 77.0 cm³/mol. The van der Waals surface area contributed by atoms with Crippen molar-refractivity contribution in [1.29, 1.82) is 0 Å². The van der Waals surface area contributed by atoms with Crippen LogP contribution in [0.25, 0.3) is 0 Å². The highest BCUT2D eigenvalue weighted by Crippen LogP contribution is 2.07. The van der Waals surface area contributed by atoms with E-state index in [9.17, 15) is 9.90 Å². The molecule has 0 aliphatic heterocycles. The van der Waals surface area contributed by atoms with E-state index in [4.69, 9.17) is 9.47 Å². The highest BCUT2D eigenvalue weighted by Gasteiger charge is 2.12. The normalized spacial score (nSPS) is 14.2. The first-order valence-corrected chi connectivity index (χ1v) is 6.78. The maximum Gasteiger partial charge on any atom is 0.330 e. The van der Waals surface area contributed by atoms with Gasteiger partial charge in [0.25, 0.3) is 0 Å². The number of hydrogen-bond donors (Lipinski definition) is 1. The lowest BCUT2D eigenvalue weighted by atomic mass is 10.1. The first kappa shape index (κ1) is 16.4. The van der Waals surface area contributed by atoms with Crippen LogP contribution in [-0.4, -0.2) is 30.4 Å². The fourth-order valence-electron chi connectivity index (χ4n) is 1.57. The quantitative estimate of drug-likeness (QED) is 0.585. The molecule has 20 heavy (non-hydrogen) atoms. The number of rotatable bonds is 8. The Morgan fingerprint density at radius 2 is 2.05 bits per heavy atom. The van der Waals surface area contributed by atoms with Crippen molar-refractivity contribution in [3.8, 4) is 0 Å². The van der Waals surface area contributed by atoms with Gasteiger partial charge in [-0.2, -0.15) is 0 Å². The summed E-state index contributed by atoms with van der Waals surface area (Å²) in [5.41, 5.74) is 1.06. The third-order valence-electron chi connectivity index (χ3n) is 2.83. The predicted octanol–water partition coefficient (Wildman–Crippen LogP) is 2.32. The van der Waals surface area contributed by atoms with Crippen LogP contribution < -0.4 is 0 Å². The van der Waals surface area contributed by atoms with Gasteiger partial charge in [0.05, 0.1) is 25.9 Å². The van der Waals surface area contributed by atoms with Gasteiger partial charge >= 0.3 is 5.97 Å². The van der Waals surface area contributed by atoms with Gasteiger partial charge in [-0.1, -0.05) is 43.3 Å². The van der Waals surface area contributed by atoms with Crippen LogP contribution in [-0.2, 0) is 20.9 Å². The number of ether oxygens (including phenoxy) is 2. The summed E-state index contributed by atoms with van der Waals surface area (Å²) in [6.45, 7) is 4.61. The van der Waals surface area contributed by atoms with Gasteiger partial charge in [0.1, 0.15) is 0 Å². The van der Waals surface area contributed by atoms with Gasteiger partial charge in [-0.3, -0.25) is 0 Å². The van der Waals surface area contributed by atoms with Crippen molar-refractivity contribution in [1.82, 2.24) is 0 Å². The Labute approximate surface area is 120 Å². The molecule has 4 nitrogen and oxygen atoms in total. The standard InChI is InChI=1S/C16H22O4/c1-3-20-16(18)10-9-13(2)15(17)12-19-11-14-7-5-4-6-8-14/h4-10,13,15,17H,3,11-12H2,1-2H3/b10-9+/t13-,15+/m0/s1. The van der Waals surface area contributed by atoms with E-state index in [1.54, 1.807) is 13.0 Å². The van der Waals surface area contributed by atoms with E-state index in [2.05, 4.69) is 0 Å². The Morgan fingerprint density at radius 3 is 2.70 bits per heavy atom. The molecule has 110 valence electrons. The van der Waals surface area contributed by atoms with Gasteiger partial charge < -0.3 is 14.6 Å². The van der Waals surface area contributed by atoms with E-state index in [-0.39, 0.29) is 12.5 Å². The molecule has 0 heterocycles. The van der Waals surface area contributed by atoms with Crippen LogP contribution in [0, 0.1) is 5.92 Å². The zero-order valence-corrected chi connectivity index (χ0v) is 12.0. The minimum atomic E-state index is -0.649. The molecule has 4 heteroatoms. The number of benzene rings is 1. The molecule has 0 fully saturated rings. The van der Waals surface area contributed by atoms with Gasteiger partial charge in [-0.15, -0.1) is 0 Å². The minimum Gasteiger partial charge on any atom is -0.463 e. The van der Waals surface area contributed by atoms with Crippen LogP contribution in [0.2, 0.25) is 0 Å². The fraction of sp³-hybridized carbons (Fsp3) is 0.438. The van der Waals surface area contributed by atoms with E-state index < -0.39 is 12.1 Å². The average molecular weight is 278 g/mol. The smallest absolute Gasteiger partial charge is 0.330 e. The lowest BCUT2D eigenvalue weighted by molar-refractivity contribution is -0.137. The summed E-state index contributed by atoms with van der Waals surface area (Å²) in [7, 11) is 0. The Balaban J connectivity index is 2.27. The average Bonchev–Trinajstić information content (AvgIpc) is 2.46. The van der Waals surface area contributed by atoms with Crippen molar-refractivity contribution in [2.75, 3.05) is 13.2 Å². The van der Waals surface area contributed by atoms with Gasteiger partial charge in [-0.05, 0) is 12.5 Å². The maximum atomic E-state index is 11.1. The SMILES string of the molecule is CCOC(=O)/C=C/[C@H](C)[C@H](O)COCc1ccccc1. The first-order valence-electron chi connectivity index (χ1n) is 6.78. The Hall–Kier alpha value is -1.65. The van der Waals surface area contributed by atoms with Crippen LogP contribution in [0.3, 0.4) is 0 Å². The maximum absolute atomic E-state index is 11.1. The molecule has 1 aromatic rings. The molecule has 1 aromatic carbocycles. The molecule has 0 bridgehead atoms. The highest BCUT2D eigenvalue weighted by molar-refractivity contribution is 5.81. The van der Waals surface area contributed by atoms with Crippen LogP contribution in [0.5, 0.6) is 0 Å². The van der Waals surface area contributed by atoms with E-state index in [0.29, 0.717) is 13.2 Å². The molecule has 1 N–H and O–H groups in total. The Morgan fingerprint density at radius 1 is 1.35 bits per heavy atom. The molecule has 0 aliphatic rings. The summed E-state index contributed by atoms with van der Waals surface area (Å²) in [5, 5.41) is 9.91. The van der Waals surface area contributed by atoms with Crippen molar-refractivity contribution < 1.29 is 19.4 Å². The Kier molecular flexibility index (Phi) is 7.62. The Bertz CT molecular complexity index is 414. The molecule has 0 radical (unpaired) electrons. The molecule has 0 unspecified atom stereocenters. The van der Waals surface area contributed by atoms with Crippen molar-refractivity contribution in [3.63, 3.8) is 0 Å². The summed E-state index contributed by atoms with van der Waals surface area (Å²) in [5.74, 6) is -0.563. The molecule has 0 amide bonds. The summed E-state index contributed by atoms with van der Waals surface area (Å²) in [6, 6.07) is 9.77. The van der Waals surface area contributed by atoms with Gasteiger partial charge in [0, 0.05) is 12.0 Å². The largest absolute Gasteiger partial charge is 0.463 e. The van der Waals surface area contributed by atoms with E-state index >= 15 is 0 Å². The number of aliphatic hydroxyl groups is 1. The second-order valence-electron chi connectivity index (χ2n) is 4.54. The highest BCUT2D eigenvalue weighted by atomic mass is 16.5. The number of hydrogen-bond acceptors (Lipinski definition) is 4. The van der Waals surface area contributed by atoms with Gasteiger partial charge in [0.2, 0.25) is 0 Å². The number of carbonyl (C=O) groups excluding carboxylic acids is 1. The topological polar surface area (TPSA) is 55.8 Å². The lowest BCUT2D eigenvalue weighted by Crippen LogP contribution is -2.22. The molecular formula is C16H22O4. The molecule has 1 rings (SSSR count). The van der Waals surface area contributed by atoms with Crippen LogP contribution in [0.15, 0.2) is 42.5 Å². The second-order valence-corrected chi connectivity index (χ2v) is 4.54. The third kappa shape index (κ3) is 6.50. The van der Waals surface area contributed by atoms with Gasteiger partial charge in [-0.25, -0.2) is 4.79 Å². The zero-order chi connectivity index (χ0) is 14.8.